The first-order valence-corrected chi connectivity index (χ1v) is 4.30. The van der Waals surface area contributed by atoms with Gasteiger partial charge in [0.1, 0.15) is 5.69 Å². The average molecular weight is 206 g/mol. The molecule has 78 valence electrons. The molecule has 0 saturated carbocycles. The van der Waals surface area contributed by atoms with Crippen LogP contribution >= 0.6 is 0 Å². The van der Waals surface area contributed by atoms with Crippen molar-refractivity contribution in [2.75, 3.05) is 12.8 Å². The van der Waals surface area contributed by atoms with E-state index in [4.69, 9.17) is 15.0 Å². The van der Waals surface area contributed by atoms with Gasteiger partial charge in [-0.1, -0.05) is 5.16 Å². The first kappa shape index (κ1) is 9.39. The van der Waals surface area contributed by atoms with Crippen LogP contribution in [0, 0.1) is 0 Å². The molecule has 1 heterocycles. The van der Waals surface area contributed by atoms with Crippen molar-refractivity contribution in [1.82, 2.24) is 5.16 Å². The molecule has 0 aliphatic heterocycles. The highest BCUT2D eigenvalue weighted by Gasteiger charge is 2.07. The molecule has 0 amide bonds. The summed E-state index contributed by atoms with van der Waals surface area (Å²) in [5, 5.41) is 13.1. The standard InChI is InChI=1S/C10H10N2O3/c1-14-9-4-6(2-3-8(9)13)7-5-10(11)15-12-7/h2-5,13H,11H2,1H3. The van der Waals surface area contributed by atoms with E-state index in [0.717, 1.165) is 5.56 Å². The number of ether oxygens (including phenoxy) is 1. The first-order valence-electron chi connectivity index (χ1n) is 4.30. The van der Waals surface area contributed by atoms with Crippen LogP contribution in [0.25, 0.3) is 11.3 Å². The summed E-state index contributed by atoms with van der Waals surface area (Å²) in [4.78, 5) is 0. The summed E-state index contributed by atoms with van der Waals surface area (Å²) in [6.45, 7) is 0. The van der Waals surface area contributed by atoms with Gasteiger partial charge in [-0.25, -0.2) is 0 Å². The molecule has 0 spiro atoms. The molecule has 15 heavy (non-hydrogen) atoms. The fourth-order valence-corrected chi connectivity index (χ4v) is 1.26. The van der Waals surface area contributed by atoms with E-state index in [9.17, 15) is 5.11 Å². The van der Waals surface area contributed by atoms with Crippen LogP contribution in [0.2, 0.25) is 0 Å². The lowest BCUT2D eigenvalue weighted by Crippen LogP contribution is -1.85. The number of anilines is 1. The lowest BCUT2D eigenvalue weighted by molar-refractivity contribution is 0.373. The highest BCUT2D eigenvalue weighted by Crippen LogP contribution is 2.31. The molecule has 0 bridgehead atoms. The van der Waals surface area contributed by atoms with Gasteiger partial charge in [-0.15, -0.1) is 0 Å². The number of hydrogen-bond acceptors (Lipinski definition) is 5. The number of benzene rings is 1. The van der Waals surface area contributed by atoms with Crippen LogP contribution in [0.15, 0.2) is 28.8 Å². The second kappa shape index (κ2) is 3.53. The molecule has 0 saturated heterocycles. The van der Waals surface area contributed by atoms with Gasteiger partial charge >= 0.3 is 0 Å². The maximum atomic E-state index is 9.39. The van der Waals surface area contributed by atoms with Crippen LogP contribution in [-0.2, 0) is 0 Å². The second-order valence-electron chi connectivity index (χ2n) is 3.00. The second-order valence-corrected chi connectivity index (χ2v) is 3.00. The van der Waals surface area contributed by atoms with Crippen LogP contribution in [-0.4, -0.2) is 17.4 Å². The van der Waals surface area contributed by atoms with E-state index < -0.39 is 0 Å². The Morgan fingerprint density at radius 3 is 2.80 bits per heavy atom. The van der Waals surface area contributed by atoms with Crippen molar-refractivity contribution >= 4 is 5.88 Å². The Kier molecular flexibility index (Phi) is 2.21. The van der Waals surface area contributed by atoms with Gasteiger partial charge in [0.2, 0.25) is 5.88 Å². The van der Waals surface area contributed by atoms with E-state index in [2.05, 4.69) is 5.16 Å². The maximum absolute atomic E-state index is 9.39. The minimum absolute atomic E-state index is 0.0812. The van der Waals surface area contributed by atoms with Crippen molar-refractivity contribution in [1.29, 1.82) is 0 Å². The number of nitrogens with zero attached hydrogens (tertiary/aromatic N) is 1. The first-order chi connectivity index (χ1) is 7.20. The molecular formula is C10H10N2O3. The zero-order valence-electron chi connectivity index (χ0n) is 8.10. The van der Waals surface area contributed by atoms with Crippen LogP contribution in [0.1, 0.15) is 0 Å². The predicted octanol–water partition coefficient (Wildman–Crippen LogP) is 1.64. The largest absolute Gasteiger partial charge is 0.504 e. The summed E-state index contributed by atoms with van der Waals surface area (Å²) >= 11 is 0. The molecular weight excluding hydrogens is 196 g/mol. The fourth-order valence-electron chi connectivity index (χ4n) is 1.26. The lowest BCUT2D eigenvalue weighted by Gasteiger charge is -2.03. The van der Waals surface area contributed by atoms with Gasteiger partial charge in [0.05, 0.1) is 7.11 Å². The van der Waals surface area contributed by atoms with Crippen LogP contribution in [0.4, 0.5) is 5.88 Å². The minimum Gasteiger partial charge on any atom is -0.504 e. The van der Waals surface area contributed by atoms with E-state index in [-0.39, 0.29) is 11.6 Å². The van der Waals surface area contributed by atoms with Crippen molar-refractivity contribution in [3.8, 4) is 22.8 Å². The Morgan fingerprint density at radius 2 is 2.20 bits per heavy atom. The third-order valence-electron chi connectivity index (χ3n) is 2.00. The number of hydrogen-bond donors (Lipinski definition) is 2. The summed E-state index contributed by atoms with van der Waals surface area (Å²) in [6, 6.07) is 6.49. The van der Waals surface area contributed by atoms with Crippen LogP contribution < -0.4 is 10.5 Å². The number of aromatic hydroxyl groups is 1. The predicted molar refractivity (Wildman–Crippen MR) is 54.6 cm³/mol. The average Bonchev–Trinajstić information content (AvgIpc) is 2.66. The molecule has 5 heteroatoms. The zero-order chi connectivity index (χ0) is 10.8. The molecule has 0 aliphatic rings. The minimum atomic E-state index is 0.0812. The molecule has 5 nitrogen and oxygen atoms in total. The van der Waals surface area contributed by atoms with Crippen LogP contribution in [0.3, 0.4) is 0 Å². The number of phenolic OH excluding ortho intramolecular Hbond substituents is 1. The normalized spacial score (nSPS) is 10.2. The van der Waals surface area contributed by atoms with Gasteiger partial charge in [0.25, 0.3) is 0 Å². The molecule has 1 aromatic heterocycles. The Hall–Kier alpha value is -2.17. The Balaban J connectivity index is 2.45. The molecule has 2 rings (SSSR count). The summed E-state index contributed by atoms with van der Waals surface area (Å²) < 4.78 is 9.72. The van der Waals surface area contributed by atoms with Crippen LogP contribution in [0.5, 0.6) is 11.5 Å². The fraction of sp³-hybridized carbons (Fsp3) is 0.100. The monoisotopic (exact) mass is 206 g/mol. The van der Waals surface area contributed by atoms with Crippen molar-refractivity contribution in [2.45, 2.75) is 0 Å². The zero-order valence-corrected chi connectivity index (χ0v) is 8.10. The number of phenols is 1. The third kappa shape index (κ3) is 1.71. The maximum Gasteiger partial charge on any atom is 0.222 e. The van der Waals surface area contributed by atoms with Gasteiger partial charge in [-0.2, -0.15) is 0 Å². The van der Waals surface area contributed by atoms with E-state index in [1.807, 2.05) is 0 Å². The van der Waals surface area contributed by atoms with Gasteiger partial charge in [-0.3, -0.25) is 0 Å². The van der Waals surface area contributed by atoms with E-state index >= 15 is 0 Å². The topological polar surface area (TPSA) is 81.5 Å². The molecule has 0 atom stereocenters. The number of nitrogen functional groups attached to an aromatic ring is 1. The smallest absolute Gasteiger partial charge is 0.222 e. The molecule has 0 fully saturated rings. The van der Waals surface area contributed by atoms with Gasteiger partial charge < -0.3 is 20.1 Å². The summed E-state index contributed by atoms with van der Waals surface area (Å²) in [6.07, 6.45) is 0. The third-order valence-corrected chi connectivity index (χ3v) is 2.00. The Bertz CT molecular complexity index is 479. The number of aromatic nitrogens is 1. The van der Waals surface area contributed by atoms with Crippen molar-refractivity contribution < 1.29 is 14.4 Å². The quantitative estimate of drug-likeness (QED) is 0.780. The van der Waals surface area contributed by atoms with Gasteiger partial charge in [0.15, 0.2) is 11.5 Å². The number of methoxy groups -OCH3 is 1. The molecule has 0 unspecified atom stereocenters. The van der Waals surface area contributed by atoms with Crippen molar-refractivity contribution in [2.24, 2.45) is 0 Å². The number of rotatable bonds is 2. The van der Waals surface area contributed by atoms with E-state index in [0.29, 0.717) is 11.4 Å². The molecule has 0 aliphatic carbocycles. The van der Waals surface area contributed by atoms with Crippen molar-refractivity contribution in [3.63, 3.8) is 0 Å². The Morgan fingerprint density at radius 1 is 1.40 bits per heavy atom. The molecule has 0 radical (unpaired) electrons. The summed E-state index contributed by atoms with van der Waals surface area (Å²) in [7, 11) is 1.48. The highest BCUT2D eigenvalue weighted by molar-refractivity contribution is 5.65. The van der Waals surface area contributed by atoms with E-state index in [1.165, 1.54) is 13.2 Å². The van der Waals surface area contributed by atoms with Crippen molar-refractivity contribution in [3.05, 3.63) is 24.3 Å². The summed E-state index contributed by atoms with van der Waals surface area (Å²) in [5.41, 5.74) is 6.78. The highest BCUT2D eigenvalue weighted by atomic mass is 16.5. The molecule has 2 aromatic rings. The van der Waals surface area contributed by atoms with Gasteiger partial charge in [-0.05, 0) is 18.2 Å². The molecule has 1 aromatic carbocycles. The van der Waals surface area contributed by atoms with Gasteiger partial charge in [0, 0.05) is 11.6 Å². The Labute approximate surface area is 86.1 Å². The summed E-state index contributed by atoms with van der Waals surface area (Å²) in [5.74, 6) is 0.712. The number of nitrogens with two attached hydrogens (primary N) is 1. The molecule has 3 N–H and O–H groups in total. The lowest BCUT2D eigenvalue weighted by atomic mass is 10.1. The van der Waals surface area contributed by atoms with E-state index in [1.54, 1.807) is 18.2 Å². The SMILES string of the molecule is COc1cc(-c2cc(N)on2)ccc1O.